The average molecular weight is 343 g/mol. The van der Waals surface area contributed by atoms with Gasteiger partial charge in [-0.1, -0.05) is 18.2 Å². The summed E-state index contributed by atoms with van der Waals surface area (Å²) in [5.41, 5.74) is 1.31. The summed E-state index contributed by atoms with van der Waals surface area (Å²) in [6.45, 7) is 5.32. The van der Waals surface area contributed by atoms with Crippen LogP contribution in [0.4, 0.5) is 0 Å². The SMILES string of the molecule is O=C([C@@H]1Cc2ccccc2S1)N1CCN(CCn2cncn2)CC1. The molecule has 2 aliphatic rings. The molecule has 3 heterocycles. The fraction of sp³-hybridized carbons (Fsp3) is 0.471. The van der Waals surface area contributed by atoms with Crippen LogP contribution < -0.4 is 0 Å². The Balaban J connectivity index is 1.26. The molecule has 6 nitrogen and oxygen atoms in total. The molecule has 2 aromatic rings. The minimum atomic E-state index is 0.0594. The molecule has 1 saturated heterocycles. The first-order valence-electron chi connectivity index (χ1n) is 8.38. The van der Waals surface area contributed by atoms with E-state index in [9.17, 15) is 4.79 Å². The van der Waals surface area contributed by atoms with Crippen LogP contribution >= 0.6 is 11.8 Å². The number of benzene rings is 1. The molecule has 0 bridgehead atoms. The zero-order valence-electron chi connectivity index (χ0n) is 13.5. The van der Waals surface area contributed by atoms with E-state index in [1.807, 2.05) is 15.6 Å². The largest absolute Gasteiger partial charge is 0.339 e. The van der Waals surface area contributed by atoms with Crippen molar-refractivity contribution in [3.8, 4) is 0 Å². The Morgan fingerprint density at radius 2 is 2.00 bits per heavy atom. The van der Waals surface area contributed by atoms with Crippen molar-refractivity contribution in [2.75, 3.05) is 32.7 Å². The van der Waals surface area contributed by atoms with Crippen LogP contribution in [0.1, 0.15) is 5.56 Å². The first-order valence-corrected chi connectivity index (χ1v) is 9.26. The van der Waals surface area contributed by atoms with Gasteiger partial charge < -0.3 is 4.90 Å². The van der Waals surface area contributed by atoms with Gasteiger partial charge in [0.25, 0.3) is 0 Å². The Bertz CT molecular complexity index is 672. The van der Waals surface area contributed by atoms with Gasteiger partial charge in [-0.05, 0) is 18.1 Å². The lowest BCUT2D eigenvalue weighted by Gasteiger charge is -2.35. The second kappa shape index (κ2) is 6.94. The number of hydrogen-bond acceptors (Lipinski definition) is 5. The van der Waals surface area contributed by atoms with Crippen LogP contribution in [0.3, 0.4) is 0 Å². The standard InChI is InChI=1S/C17H21N5OS/c23-17(16-11-14-3-1-2-4-15(14)24-16)21-8-5-20(6-9-21)7-10-22-13-18-12-19-22/h1-4,12-13,16H,5-11H2/t16-/m0/s1. The predicted molar refractivity (Wildman–Crippen MR) is 92.8 cm³/mol. The molecule has 0 saturated carbocycles. The summed E-state index contributed by atoms with van der Waals surface area (Å²) in [5.74, 6) is 0.298. The van der Waals surface area contributed by atoms with Gasteiger partial charge in [0, 0.05) is 37.6 Å². The number of fused-ring (bicyclic) bond motifs is 1. The maximum atomic E-state index is 12.8. The fourth-order valence-corrected chi connectivity index (χ4v) is 4.59. The molecule has 0 radical (unpaired) electrons. The van der Waals surface area contributed by atoms with Crippen LogP contribution in [0.25, 0.3) is 0 Å². The van der Waals surface area contributed by atoms with E-state index in [2.05, 4.69) is 33.2 Å². The van der Waals surface area contributed by atoms with Crippen LogP contribution in [-0.4, -0.2) is 68.4 Å². The molecule has 1 amide bonds. The van der Waals surface area contributed by atoms with Crippen LogP contribution in [0, 0.1) is 0 Å². The molecule has 126 valence electrons. The summed E-state index contributed by atoms with van der Waals surface area (Å²) in [5, 5.41) is 4.19. The van der Waals surface area contributed by atoms with Gasteiger partial charge in [-0.2, -0.15) is 5.10 Å². The van der Waals surface area contributed by atoms with E-state index in [-0.39, 0.29) is 5.25 Å². The Morgan fingerprint density at radius 3 is 2.75 bits per heavy atom. The number of thioether (sulfide) groups is 1. The second-order valence-corrected chi connectivity index (χ2v) is 7.49. The van der Waals surface area contributed by atoms with Crippen molar-refractivity contribution >= 4 is 17.7 Å². The lowest BCUT2D eigenvalue weighted by molar-refractivity contribution is -0.132. The highest BCUT2D eigenvalue weighted by atomic mass is 32.2. The smallest absolute Gasteiger partial charge is 0.236 e. The Labute approximate surface area is 145 Å². The molecule has 4 rings (SSSR count). The van der Waals surface area contributed by atoms with E-state index in [0.717, 1.165) is 45.7 Å². The molecule has 0 spiro atoms. The van der Waals surface area contributed by atoms with E-state index in [0.29, 0.717) is 5.91 Å². The molecule has 1 atom stereocenters. The Morgan fingerprint density at radius 1 is 1.17 bits per heavy atom. The number of carbonyl (C=O) groups is 1. The molecule has 1 aromatic heterocycles. The van der Waals surface area contributed by atoms with E-state index in [1.54, 1.807) is 24.4 Å². The van der Waals surface area contributed by atoms with Crippen molar-refractivity contribution in [1.29, 1.82) is 0 Å². The maximum Gasteiger partial charge on any atom is 0.236 e. The highest BCUT2D eigenvalue weighted by Gasteiger charge is 2.32. The molecule has 0 unspecified atom stereocenters. The summed E-state index contributed by atoms with van der Waals surface area (Å²) >= 11 is 1.72. The minimum absolute atomic E-state index is 0.0594. The summed E-state index contributed by atoms with van der Waals surface area (Å²) in [6, 6.07) is 8.36. The van der Waals surface area contributed by atoms with E-state index >= 15 is 0 Å². The van der Waals surface area contributed by atoms with Gasteiger partial charge in [-0.3, -0.25) is 14.4 Å². The van der Waals surface area contributed by atoms with Crippen molar-refractivity contribution in [3.05, 3.63) is 42.5 Å². The van der Waals surface area contributed by atoms with Crippen molar-refractivity contribution in [3.63, 3.8) is 0 Å². The third kappa shape index (κ3) is 3.32. The zero-order valence-corrected chi connectivity index (χ0v) is 14.4. The maximum absolute atomic E-state index is 12.8. The predicted octanol–water partition coefficient (Wildman–Crippen LogP) is 1.14. The molecule has 7 heteroatoms. The normalized spacial score (nSPS) is 21.0. The molecule has 2 aliphatic heterocycles. The molecule has 1 aromatic carbocycles. The molecular weight excluding hydrogens is 322 g/mol. The summed E-state index contributed by atoms with van der Waals surface area (Å²) < 4.78 is 1.85. The number of aromatic nitrogens is 3. The van der Waals surface area contributed by atoms with E-state index in [1.165, 1.54) is 10.5 Å². The lowest BCUT2D eigenvalue weighted by Crippen LogP contribution is -2.51. The molecule has 0 N–H and O–H groups in total. The quantitative estimate of drug-likeness (QED) is 0.833. The minimum Gasteiger partial charge on any atom is -0.339 e. The number of rotatable bonds is 4. The zero-order chi connectivity index (χ0) is 16.4. The van der Waals surface area contributed by atoms with Crippen molar-refractivity contribution in [2.45, 2.75) is 23.1 Å². The molecule has 0 aliphatic carbocycles. The van der Waals surface area contributed by atoms with Crippen LogP contribution in [0.15, 0.2) is 41.8 Å². The molecule has 24 heavy (non-hydrogen) atoms. The van der Waals surface area contributed by atoms with Gasteiger partial charge in [-0.25, -0.2) is 4.98 Å². The van der Waals surface area contributed by atoms with Crippen molar-refractivity contribution in [2.24, 2.45) is 0 Å². The Hall–Kier alpha value is -1.86. The van der Waals surface area contributed by atoms with Gasteiger partial charge >= 0.3 is 0 Å². The van der Waals surface area contributed by atoms with E-state index in [4.69, 9.17) is 0 Å². The number of hydrogen-bond donors (Lipinski definition) is 0. The number of carbonyl (C=O) groups excluding carboxylic acids is 1. The van der Waals surface area contributed by atoms with Gasteiger partial charge in [0.2, 0.25) is 5.91 Å². The third-order valence-corrected chi connectivity index (χ3v) is 6.02. The number of nitrogens with zero attached hydrogens (tertiary/aromatic N) is 5. The first-order chi connectivity index (χ1) is 11.8. The molecular formula is C17H21N5OS. The van der Waals surface area contributed by atoms with Crippen molar-refractivity contribution < 1.29 is 4.79 Å². The fourth-order valence-electron chi connectivity index (χ4n) is 3.31. The van der Waals surface area contributed by atoms with Crippen LogP contribution in [-0.2, 0) is 17.8 Å². The third-order valence-electron chi connectivity index (χ3n) is 4.72. The van der Waals surface area contributed by atoms with Gasteiger partial charge in [0.15, 0.2) is 0 Å². The topological polar surface area (TPSA) is 54.3 Å². The van der Waals surface area contributed by atoms with Crippen LogP contribution in [0.5, 0.6) is 0 Å². The second-order valence-electron chi connectivity index (χ2n) is 6.24. The van der Waals surface area contributed by atoms with Crippen molar-refractivity contribution in [1.82, 2.24) is 24.6 Å². The molecule has 1 fully saturated rings. The highest BCUT2D eigenvalue weighted by molar-refractivity contribution is 8.01. The summed E-state index contributed by atoms with van der Waals surface area (Å²) in [6.07, 6.45) is 4.18. The number of piperazine rings is 1. The van der Waals surface area contributed by atoms with Gasteiger partial charge in [0.1, 0.15) is 12.7 Å². The van der Waals surface area contributed by atoms with Gasteiger partial charge in [0.05, 0.1) is 11.8 Å². The monoisotopic (exact) mass is 343 g/mol. The average Bonchev–Trinajstić information content (AvgIpc) is 3.29. The summed E-state index contributed by atoms with van der Waals surface area (Å²) in [4.78, 5) is 22.4. The van der Waals surface area contributed by atoms with Crippen LogP contribution in [0.2, 0.25) is 0 Å². The summed E-state index contributed by atoms with van der Waals surface area (Å²) in [7, 11) is 0. The Kier molecular flexibility index (Phi) is 4.53. The number of amides is 1. The first kappa shape index (κ1) is 15.7. The van der Waals surface area contributed by atoms with Gasteiger partial charge in [-0.15, -0.1) is 11.8 Å². The lowest BCUT2D eigenvalue weighted by atomic mass is 10.1. The highest BCUT2D eigenvalue weighted by Crippen LogP contribution is 2.37. The van der Waals surface area contributed by atoms with E-state index < -0.39 is 0 Å².